The van der Waals surface area contributed by atoms with Crippen molar-refractivity contribution in [3.05, 3.63) is 66.4 Å². The van der Waals surface area contributed by atoms with E-state index < -0.39 is 0 Å². The average molecular weight is 461 g/mol. The summed E-state index contributed by atoms with van der Waals surface area (Å²) in [5.41, 5.74) is 4.19. The van der Waals surface area contributed by atoms with Gasteiger partial charge >= 0.3 is 0 Å². The van der Waals surface area contributed by atoms with Crippen LogP contribution in [0.4, 0.5) is 16.6 Å². The van der Waals surface area contributed by atoms with Crippen molar-refractivity contribution in [3.63, 3.8) is 0 Å². The summed E-state index contributed by atoms with van der Waals surface area (Å²) in [6.07, 6.45) is 1.95. The maximum atomic E-state index is 4.79. The fraction of sp³-hybridized carbons (Fsp3) is 0.208. The van der Waals surface area contributed by atoms with Gasteiger partial charge in [-0.1, -0.05) is 66.4 Å². The third-order valence-electron chi connectivity index (χ3n) is 4.97. The van der Waals surface area contributed by atoms with E-state index in [-0.39, 0.29) is 0 Å². The summed E-state index contributed by atoms with van der Waals surface area (Å²) < 4.78 is 0. The first-order valence-electron chi connectivity index (χ1n) is 10.7. The Morgan fingerprint density at radius 1 is 1.00 bits per heavy atom. The van der Waals surface area contributed by atoms with Crippen LogP contribution in [0.5, 0.6) is 0 Å². The summed E-state index contributed by atoms with van der Waals surface area (Å²) in [5.74, 6) is 1.79. The third-order valence-corrected chi connectivity index (χ3v) is 6.89. The van der Waals surface area contributed by atoms with Crippen LogP contribution in [0.25, 0.3) is 21.3 Å². The van der Waals surface area contributed by atoms with Gasteiger partial charge in [0.15, 0.2) is 20.9 Å². The SMILES string of the molecule is CCCSc1nc(NCCc2cc3ccccc3[nH]2)c2nc(Nc3ccccc3)sc2n1. The predicted molar refractivity (Wildman–Crippen MR) is 136 cm³/mol. The maximum Gasteiger partial charge on any atom is 0.191 e. The first-order valence-corrected chi connectivity index (χ1v) is 12.5. The molecule has 0 unspecified atom stereocenters. The van der Waals surface area contributed by atoms with Gasteiger partial charge in [0, 0.05) is 35.6 Å². The van der Waals surface area contributed by atoms with Gasteiger partial charge in [-0.05, 0) is 36.1 Å². The Morgan fingerprint density at radius 2 is 1.84 bits per heavy atom. The monoisotopic (exact) mass is 460 g/mol. The highest BCUT2D eigenvalue weighted by atomic mass is 32.2. The van der Waals surface area contributed by atoms with Crippen LogP contribution >= 0.6 is 23.1 Å². The number of thioether (sulfide) groups is 1. The van der Waals surface area contributed by atoms with Gasteiger partial charge in [-0.15, -0.1) is 0 Å². The Kier molecular flexibility index (Phi) is 6.22. The van der Waals surface area contributed by atoms with E-state index in [1.54, 1.807) is 23.1 Å². The number of anilines is 3. The molecule has 0 aliphatic heterocycles. The number of nitrogens with one attached hydrogen (secondary N) is 3. The van der Waals surface area contributed by atoms with Crippen LogP contribution < -0.4 is 10.6 Å². The Hall–Kier alpha value is -3.10. The molecule has 0 spiro atoms. The summed E-state index contributed by atoms with van der Waals surface area (Å²) in [7, 11) is 0. The van der Waals surface area contributed by atoms with Crippen LogP contribution in [0.15, 0.2) is 65.8 Å². The normalized spacial score (nSPS) is 11.3. The molecule has 5 aromatic rings. The Morgan fingerprint density at radius 3 is 2.69 bits per heavy atom. The van der Waals surface area contributed by atoms with Gasteiger partial charge in [-0.3, -0.25) is 0 Å². The first-order chi connectivity index (χ1) is 15.8. The highest BCUT2D eigenvalue weighted by Crippen LogP contribution is 2.32. The lowest BCUT2D eigenvalue weighted by molar-refractivity contribution is 0.945. The molecule has 8 heteroatoms. The van der Waals surface area contributed by atoms with Crippen molar-refractivity contribution in [1.82, 2.24) is 19.9 Å². The Balaban J connectivity index is 1.37. The molecule has 0 bridgehead atoms. The van der Waals surface area contributed by atoms with E-state index in [4.69, 9.17) is 15.0 Å². The van der Waals surface area contributed by atoms with Crippen molar-refractivity contribution in [2.75, 3.05) is 22.9 Å². The van der Waals surface area contributed by atoms with E-state index in [0.29, 0.717) is 0 Å². The number of nitrogens with zero attached hydrogens (tertiary/aromatic N) is 3. The van der Waals surface area contributed by atoms with E-state index in [1.165, 1.54) is 16.6 Å². The van der Waals surface area contributed by atoms with Crippen LogP contribution in [-0.4, -0.2) is 32.2 Å². The molecule has 0 saturated carbocycles. The lowest BCUT2D eigenvalue weighted by atomic mass is 10.2. The first kappa shape index (κ1) is 20.8. The minimum absolute atomic E-state index is 0.760. The molecule has 0 saturated heterocycles. The van der Waals surface area contributed by atoms with Gasteiger partial charge in [0.2, 0.25) is 0 Å². The summed E-state index contributed by atoms with van der Waals surface area (Å²) in [6.45, 7) is 2.93. The minimum Gasteiger partial charge on any atom is -0.368 e. The van der Waals surface area contributed by atoms with Crippen molar-refractivity contribution in [3.8, 4) is 0 Å². The fourth-order valence-electron chi connectivity index (χ4n) is 3.47. The van der Waals surface area contributed by atoms with Crippen molar-refractivity contribution in [2.45, 2.75) is 24.9 Å². The van der Waals surface area contributed by atoms with Crippen LogP contribution in [0, 0.1) is 0 Å². The zero-order chi connectivity index (χ0) is 21.8. The molecular formula is C24H24N6S2. The second kappa shape index (κ2) is 9.58. The van der Waals surface area contributed by atoms with Gasteiger partial charge in [0.25, 0.3) is 0 Å². The van der Waals surface area contributed by atoms with Gasteiger partial charge in [-0.25, -0.2) is 15.0 Å². The number of fused-ring (bicyclic) bond motifs is 2. The molecular weight excluding hydrogens is 436 g/mol. The number of thiazole rings is 1. The molecule has 5 rings (SSSR count). The zero-order valence-electron chi connectivity index (χ0n) is 17.8. The van der Waals surface area contributed by atoms with Crippen molar-refractivity contribution in [2.24, 2.45) is 0 Å². The molecule has 2 aromatic carbocycles. The predicted octanol–water partition coefficient (Wildman–Crippen LogP) is 6.47. The molecule has 0 amide bonds. The Bertz CT molecular complexity index is 1300. The lowest BCUT2D eigenvalue weighted by Gasteiger charge is -2.07. The molecule has 3 aromatic heterocycles. The third kappa shape index (κ3) is 4.71. The fourth-order valence-corrected chi connectivity index (χ4v) is 5.08. The molecule has 0 aliphatic rings. The number of H-pyrrole nitrogens is 1. The van der Waals surface area contributed by atoms with Crippen molar-refractivity contribution in [1.29, 1.82) is 0 Å². The molecule has 0 atom stereocenters. The van der Waals surface area contributed by atoms with E-state index in [0.717, 1.165) is 57.3 Å². The smallest absolute Gasteiger partial charge is 0.191 e. The van der Waals surface area contributed by atoms with E-state index >= 15 is 0 Å². The Labute approximate surface area is 194 Å². The molecule has 162 valence electrons. The summed E-state index contributed by atoms with van der Waals surface area (Å²) in [4.78, 5) is 18.7. The number of rotatable bonds is 9. The summed E-state index contributed by atoms with van der Waals surface area (Å²) in [5, 5.41) is 9.73. The number of aromatic amines is 1. The molecule has 3 N–H and O–H groups in total. The molecule has 0 radical (unpaired) electrons. The standard InChI is InChI=1S/C24H24N6S2/c1-2-14-31-23-29-21(25-13-12-18-15-16-8-6-7-11-19(16)26-18)20-22(30-23)32-24(28-20)27-17-9-4-3-5-10-17/h3-11,15,26H,2,12-14H2,1H3,(H,27,28)(H,25,29,30). The van der Waals surface area contributed by atoms with E-state index in [2.05, 4.69) is 52.9 Å². The minimum atomic E-state index is 0.760. The summed E-state index contributed by atoms with van der Waals surface area (Å²) in [6, 6.07) is 20.6. The van der Waals surface area contributed by atoms with Crippen LogP contribution in [0.2, 0.25) is 0 Å². The largest absolute Gasteiger partial charge is 0.368 e. The van der Waals surface area contributed by atoms with Crippen molar-refractivity contribution >= 4 is 61.0 Å². The van der Waals surface area contributed by atoms with Gasteiger partial charge in [-0.2, -0.15) is 0 Å². The molecule has 0 aliphatic carbocycles. The van der Waals surface area contributed by atoms with Gasteiger partial charge in [0.05, 0.1) is 0 Å². The number of hydrogen-bond donors (Lipinski definition) is 3. The van der Waals surface area contributed by atoms with Crippen LogP contribution in [0.3, 0.4) is 0 Å². The number of para-hydroxylation sites is 2. The molecule has 3 heterocycles. The highest BCUT2D eigenvalue weighted by molar-refractivity contribution is 7.99. The second-order valence-corrected chi connectivity index (χ2v) is 9.47. The average Bonchev–Trinajstić information content (AvgIpc) is 3.41. The maximum absolute atomic E-state index is 4.79. The number of aromatic nitrogens is 4. The van der Waals surface area contributed by atoms with Crippen molar-refractivity contribution < 1.29 is 0 Å². The second-order valence-electron chi connectivity index (χ2n) is 7.43. The highest BCUT2D eigenvalue weighted by Gasteiger charge is 2.14. The lowest BCUT2D eigenvalue weighted by Crippen LogP contribution is -2.08. The van der Waals surface area contributed by atoms with E-state index in [1.807, 2.05) is 30.3 Å². The van der Waals surface area contributed by atoms with Crippen LogP contribution in [0.1, 0.15) is 19.0 Å². The van der Waals surface area contributed by atoms with Gasteiger partial charge in [0.1, 0.15) is 5.52 Å². The quantitative estimate of drug-likeness (QED) is 0.173. The summed E-state index contributed by atoms with van der Waals surface area (Å²) >= 11 is 3.24. The molecule has 32 heavy (non-hydrogen) atoms. The van der Waals surface area contributed by atoms with Crippen LogP contribution in [-0.2, 0) is 6.42 Å². The molecule has 6 nitrogen and oxygen atoms in total. The topological polar surface area (TPSA) is 78.5 Å². The van der Waals surface area contributed by atoms with Gasteiger partial charge < -0.3 is 15.6 Å². The number of benzene rings is 2. The zero-order valence-corrected chi connectivity index (χ0v) is 19.4. The van der Waals surface area contributed by atoms with E-state index in [9.17, 15) is 0 Å². The number of hydrogen-bond acceptors (Lipinski definition) is 7. The molecule has 0 fully saturated rings.